The van der Waals surface area contributed by atoms with E-state index in [1.807, 2.05) is 0 Å². The van der Waals surface area contributed by atoms with Gasteiger partial charge in [0.05, 0.1) is 19.3 Å². The Labute approximate surface area is 122 Å². The molecule has 112 valence electrons. The first kappa shape index (κ1) is 14.9. The number of thiophene rings is 1. The van der Waals surface area contributed by atoms with Crippen LogP contribution in [0.2, 0.25) is 0 Å². The third-order valence-corrected chi connectivity index (χ3v) is 4.73. The van der Waals surface area contributed by atoms with Crippen LogP contribution in [0.4, 0.5) is 10.7 Å². The van der Waals surface area contributed by atoms with Gasteiger partial charge in [-0.1, -0.05) is 0 Å². The smallest absolute Gasteiger partial charge is 0.263 e. The maximum Gasteiger partial charge on any atom is 0.263 e. The van der Waals surface area contributed by atoms with Gasteiger partial charge in [0.1, 0.15) is 15.6 Å². The third-order valence-electron chi connectivity index (χ3n) is 3.61. The molecule has 1 aliphatic carbocycles. The van der Waals surface area contributed by atoms with Gasteiger partial charge in [-0.2, -0.15) is 0 Å². The van der Waals surface area contributed by atoms with Crippen molar-refractivity contribution >= 4 is 27.9 Å². The van der Waals surface area contributed by atoms with Crippen molar-refractivity contribution in [3.05, 3.63) is 4.88 Å². The van der Waals surface area contributed by atoms with E-state index in [9.17, 15) is 4.79 Å². The summed E-state index contributed by atoms with van der Waals surface area (Å²) >= 11 is 1.31. The molecule has 2 unspecified atom stereocenters. The second-order valence-electron chi connectivity index (χ2n) is 4.74. The Morgan fingerprint density at radius 2 is 2.15 bits per heavy atom. The molecule has 1 aromatic heterocycles. The molecular weight excluding hydrogens is 278 g/mol. The highest BCUT2D eigenvalue weighted by Crippen LogP contribution is 2.43. The molecule has 20 heavy (non-hydrogen) atoms. The monoisotopic (exact) mass is 299 g/mol. The van der Waals surface area contributed by atoms with Crippen molar-refractivity contribution < 1.29 is 14.3 Å². The SMILES string of the molecule is CNC(=O)c1sc(NC2CCCC2OC)c(OC)c1N. The van der Waals surface area contributed by atoms with E-state index in [-0.39, 0.29) is 18.1 Å². The fraction of sp³-hybridized carbons (Fsp3) is 0.615. The van der Waals surface area contributed by atoms with Crippen molar-refractivity contribution in [2.75, 3.05) is 32.3 Å². The van der Waals surface area contributed by atoms with Gasteiger partial charge in [-0.05, 0) is 19.3 Å². The third kappa shape index (κ3) is 2.69. The second-order valence-corrected chi connectivity index (χ2v) is 5.76. The number of rotatable bonds is 5. The number of carbonyl (C=O) groups is 1. The van der Waals surface area contributed by atoms with Crippen LogP contribution < -0.4 is 21.1 Å². The number of nitrogens with one attached hydrogen (secondary N) is 2. The molecule has 1 saturated carbocycles. The first-order chi connectivity index (χ1) is 9.62. The Kier molecular flexibility index (Phi) is 4.72. The lowest BCUT2D eigenvalue weighted by Gasteiger charge is -2.20. The Morgan fingerprint density at radius 3 is 2.75 bits per heavy atom. The number of ether oxygens (including phenoxy) is 2. The van der Waals surface area contributed by atoms with Crippen LogP contribution in [-0.2, 0) is 4.74 Å². The van der Waals surface area contributed by atoms with Crippen molar-refractivity contribution in [3.63, 3.8) is 0 Å². The highest BCUT2D eigenvalue weighted by molar-refractivity contribution is 7.19. The molecule has 1 fully saturated rings. The molecule has 0 aliphatic heterocycles. The fourth-order valence-corrected chi connectivity index (χ4v) is 3.65. The zero-order chi connectivity index (χ0) is 14.7. The molecule has 1 aliphatic rings. The molecule has 2 atom stereocenters. The van der Waals surface area contributed by atoms with Gasteiger partial charge in [0.15, 0.2) is 5.75 Å². The van der Waals surface area contributed by atoms with Gasteiger partial charge >= 0.3 is 0 Å². The van der Waals surface area contributed by atoms with E-state index >= 15 is 0 Å². The van der Waals surface area contributed by atoms with E-state index in [2.05, 4.69) is 10.6 Å². The highest BCUT2D eigenvalue weighted by Gasteiger charge is 2.30. The van der Waals surface area contributed by atoms with Crippen molar-refractivity contribution in [1.29, 1.82) is 0 Å². The van der Waals surface area contributed by atoms with Gasteiger partial charge in [0.25, 0.3) is 5.91 Å². The normalized spacial score (nSPS) is 21.8. The fourth-order valence-electron chi connectivity index (χ4n) is 2.55. The largest absolute Gasteiger partial charge is 0.492 e. The summed E-state index contributed by atoms with van der Waals surface area (Å²) in [4.78, 5) is 12.3. The minimum Gasteiger partial charge on any atom is -0.492 e. The molecule has 1 amide bonds. The van der Waals surface area contributed by atoms with Gasteiger partial charge in [-0.15, -0.1) is 11.3 Å². The molecule has 2 rings (SSSR count). The Morgan fingerprint density at radius 1 is 1.40 bits per heavy atom. The van der Waals surface area contributed by atoms with Crippen molar-refractivity contribution in [3.8, 4) is 5.75 Å². The van der Waals surface area contributed by atoms with Crippen LogP contribution in [0.25, 0.3) is 0 Å². The predicted octanol–water partition coefficient (Wildman–Crippen LogP) is 1.68. The Hall–Kier alpha value is -1.47. The van der Waals surface area contributed by atoms with E-state index < -0.39 is 0 Å². The molecule has 1 heterocycles. The molecule has 1 aromatic rings. The summed E-state index contributed by atoms with van der Waals surface area (Å²) < 4.78 is 10.8. The number of hydrogen-bond acceptors (Lipinski definition) is 6. The van der Waals surface area contributed by atoms with Crippen LogP contribution in [0.15, 0.2) is 0 Å². The number of amides is 1. The first-order valence-electron chi connectivity index (χ1n) is 6.60. The van der Waals surface area contributed by atoms with Gasteiger partial charge in [-0.25, -0.2) is 0 Å². The lowest BCUT2D eigenvalue weighted by molar-refractivity contribution is 0.0967. The summed E-state index contributed by atoms with van der Waals surface area (Å²) in [6.07, 6.45) is 3.39. The molecule has 0 aromatic carbocycles. The zero-order valence-corrected chi connectivity index (χ0v) is 12.8. The molecule has 0 spiro atoms. The van der Waals surface area contributed by atoms with Crippen LogP contribution in [-0.4, -0.2) is 39.3 Å². The topological polar surface area (TPSA) is 85.6 Å². The minimum atomic E-state index is -0.200. The average molecular weight is 299 g/mol. The zero-order valence-electron chi connectivity index (χ0n) is 12.0. The molecule has 7 heteroatoms. The van der Waals surface area contributed by atoms with Crippen LogP contribution >= 0.6 is 11.3 Å². The van der Waals surface area contributed by atoms with E-state index in [4.69, 9.17) is 15.2 Å². The lowest BCUT2D eigenvalue weighted by Crippen LogP contribution is -2.29. The standard InChI is InChI=1S/C13H21N3O3S/c1-15-12(17)11-9(14)10(19-3)13(20-11)16-7-5-4-6-8(7)18-2/h7-8,16H,4-6,14H2,1-3H3,(H,15,17). The maximum atomic E-state index is 11.8. The molecule has 0 bridgehead atoms. The maximum absolute atomic E-state index is 11.8. The van der Waals surface area contributed by atoms with Crippen molar-refractivity contribution in [1.82, 2.24) is 5.32 Å². The summed E-state index contributed by atoms with van der Waals surface area (Å²) in [6.45, 7) is 0. The summed E-state index contributed by atoms with van der Waals surface area (Å²) in [7, 11) is 4.86. The number of anilines is 2. The summed E-state index contributed by atoms with van der Waals surface area (Å²) in [5, 5.41) is 6.78. The van der Waals surface area contributed by atoms with E-state index in [1.54, 1.807) is 21.3 Å². The molecule has 0 radical (unpaired) electrons. The van der Waals surface area contributed by atoms with Gasteiger partial charge in [-0.3, -0.25) is 4.79 Å². The molecular formula is C13H21N3O3S. The summed E-state index contributed by atoms with van der Waals surface area (Å²) in [5.74, 6) is 0.337. The number of methoxy groups -OCH3 is 2. The summed E-state index contributed by atoms with van der Waals surface area (Å²) in [5.41, 5.74) is 6.37. The first-order valence-corrected chi connectivity index (χ1v) is 7.41. The van der Waals surface area contributed by atoms with E-state index in [0.717, 1.165) is 24.3 Å². The van der Waals surface area contributed by atoms with Crippen molar-refractivity contribution in [2.45, 2.75) is 31.4 Å². The lowest BCUT2D eigenvalue weighted by atomic mass is 10.2. The van der Waals surface area contributed by atoms with E-state index in [1.165, 1.54) is 11.3 Å². The van der Waals surface area contributed by atoms with Gasteiger partial charge < -0.3 is 25.8 Å². The Balaban J connectivity index is 2.25. The number of nitrogen functional groups attached to an aromatic ring is 1. The van der Waals surface area contributed by atoms with Crippen LogP contribution in [0, 0.1) is 0 Å². The molecule has 6 nitrogen and oxygen atoms in total. The number of hydrogen-bond donors (Lipinski definition) is 3. The van der Waals surface area contributed by atoms with Gasteiger partial charge in [0.2, 0.25) is 0 Å². The van der Waals surface area contributed by atoms with Crippen LogP contribution in [0.5, 0.6) is 5.75 Å². The highest BCUT2D eigenvalue weighted by atomic mass is 32.1. The number of carbonyl (C=O) groups excluding carboxylic acids is 1. The van der Waals surface area contributed by atoms with Crippen LogP contribution in [0.3, 0.4) is 0 Å². The average Bonchev–Trinajstić information content (AvgIpc) is 3.02. The van der Waals surface area contributed by atoms with Crippen molar-refractivity contribution in [2.24, 2.45) is 0 Å². The minimum absolute atomic E-state index is 0.187. The quantitative estimate of drug-likeness (QED) is 0.770. The molecule has 4 N–H and O–H groups in total. The molecule has 0 saturated heterocycles. The summed E-state index contributed by atoms with van der Waals surface area (Å²) in [6, 6.07) is 0.226. The van der Waals surface area contributed by atoms with E-state index in [0.29, 0.717) is 16.3 Å². The predicted molar refractivity (Wildman–Crippen MR) is 80.7 cm³/mol. The van der Waals surface area contributed by atoms with Gasteiger partial charge in [0, 0.05) is 14.2 Å². The van der Waals surface area contributed by atoms with Crippen LogP contribution in [0.1, 0.15) is 28.9 Å². The Bertz CT molecular complexity index is 489. The number of nitrogens with two attached hydrogens (primary N) is 1. The second kappa shape index (κ2) is 6.32.